The summed E-state index contributed by atoms with van der Waals surface area (Å²) in [6, 6.07) is 16.5. The van der Waals surface area contributed by atoms with Gasteiger partial charge in [-0.25, -0.2) is 9.07 Å². The van der Waals surface area contributed by atoms with Crippen molar-refractivity contribution < 1.29 is 13.9 Å². The van der Waals surface area contributed by atoms with E-state index in [0.29, 0.717) is 43.2 Å². The summed E-state index contributed by atoms with van der Waals surface area (Å²) in [5.74, 6) is 0.122. The van der Waals surface area contributed by atoms with Crippen LogP contribution in [0.4, 0.5) is 4.39 Å². The predicted octanol–water partition coefficient (Wildman–Crippen LogP) is 3.37. The van der Waals surface area contributed by atoms with Gasteiger partial charge in [0.2, 0.25) is 0 Å². The number of para-hydroxylation sites is 1. The maximum atomic E-state index is 14.0. The second-order valence-electron chi connectivity index (χ2n) is 7.34. The number of ether oxygens (including phenoxy) is 1. The minimum absolute atomic E-state index is 0.144. The smallest absolute Gasteiger partial charge is 0.278 e. The molecule has 1 amide bonds. The van der Waals surface area contributed by atoms with E-state index < -0.39 is 0 Å². The Morgan fingerprint density at radius 3 is 2.57 bits per heavy atom. The van der Waals surface area contributed by atoms with Gasteiger partial charge in [0.05, 0.1) is 19.0 Å². The Kier molecular flexibility index (Phi) is 6.09. The van der Waals surface area contributed by atoms with Gasteiger partial charge in [-0.1, -0.05) is 36.4 Å². The second-order valence-corrected chi connectivity index (χ2v) is 7.34. The fourth-order valence-electron chi connectivity index (χ4n) is 3.72. The highest BCUT2D eigenvalue weighted by Crippen LogP contribution is 2.22. The number of nitrogens with zero attached hydrogens (tertiary/aromatic N) is 4. The van der Waals surface area contributed by atoms with Gasteiger partial charge in [0.15, 0.2) is 11.4 Å². The minimum atomic E-state index is -0.189. The van der Waals surface area contributed by atoms with Crippen LogP contribution in [-0.2, 0) is 6.54 Å². The molecule has 6 nitrogen and oxygen atoms in total. The van der Waals surface area contributed by atoms with Crippen LogP contribution >= 0.6 is 0 Å². The number of hydrogen-bond acceptors (Lipinski definition) is 4. The van der Waals surface area contributed by atoms with Crippen LogP contribution in [-0.4, -0.2) is 58.8 Å². The van der Waals surface area contributed by atoms with E-state index in [-0.39, 0.29) is 11.7 Å². The second kappa shape index (κ2) is 9.09. The summed E-state index contributed by atoms with van der Waals surface area (Å²) < 4.78 is 21.1. The summed E-state index contributed by atoms with van der Waals surface area (Å²) in [4.78, 5) is 17.2. The molecule has 1 saturated heterocycles. The van der Waals surface area contributed by atoms with Crippen LogP contribution in [0.5, 0.6) is 5.75 Å². The molecular formula is C23H25FN4O2. The molecule has 1 aliphatic rings. The Hall–Kier alpha value is -3.19. The van der Waals surface area contributed by atoms with Gasteiger partial charge in [0, 0.05) is 38.3 Å². The molecule has 2 heterocycles. The maximum Gasteiger partial charge on any atom is 0.278 e. The lowest BCUT2D eigenvalue weighted by Gasteiger charge is -2.22. The maximum absolute atomic E-state index is 14.0. The predicted molar refractivity (Wildman–Crippen MR) is 112 cm³/mol. The number of benzene rings is 2. The molecule has 7 heteroatoms. The molecular weight excluding hydrogens is 383 g/mol. The Morgan fingerprint density at radius 1 is 1.03 bits per heavy atom. The van der Waals surface area contributed by atoms with Crippen molar-refractivity contribution >= 4 is 5.91 Å². The molecule has 0 bridgehead atoms. The van der Waals surface area contributed by atoms with Gasteiger partial charge in [-0.05, 0) is 24.6 Å². The Labute approximate surface area is 175 Å². The average molecular weight is 408 g/mol. The van der Waals surface area contributed by atoms with Crippen molar-refractivity contribution in [3.63, 3.8) is 0 Å². The quantitative estimate of drug-likeness (QED) is 0.650. The lowest BCUT2D eigenvalue weighted by Crippen LogP contribution is -2.35. The van der Waals surface area contributed by atoms with Crippen LogP contribution in [0.1, 0.15) is 22.5 Å². The number of carbonyl (C=O) groups is 1. The molecule has 0 unspecified atom stereocenters. The van der Waals surface area contributed by atoms with E-state index in [2.05, 4.69) is 10.00 Å². The number of amides is 1. The molecule has 0 spiro atoms. The Balaban J connectivity index is 1.46. The molecule has 4 rings (SSSR count). The van der Waals surface area contributed by atoms with Gasteiger partial charge in [-0.2, -0.15) is 5.10 Å². The zero-order valence-electron chi connectivity index (χ0n) is 17.0. The van der Waals surface area contributed by atoms with Crippen molar-refractivity contribution in [3.05, 3.63) is 77.9 Å². The lowest BCUT2D eigenvalue weighted by molar-refractivity contribution is 0.0751. The van der Waals surface area contributed by atoms with E-state index >= 15 is 0 Å². The van der Waals surface area contributed by atoms with Crippen LogP contribution in [0.15, 0.2) is 60.8 Å². The first-order chi connectivity index (χ1) is 14.7. The normalized spacial score (nSPS) is 15.1. The highest BCUT2D eigenvalue weighted by Gasteiger charge is 2.26. The largest absolute Gasteiger partial charge is 0.493 e. The van der Waals surface area contributed by atoms with Gasteiger partial charge in [-0.15, -0.1) is 0 Å². The molecule has 1 fully saturated rings. The van der Waals surface area contributed by atoms with E-state index in [1.807, 2.05) is 47.4 Å². The monoisotopic (exact) mass is 408 g/mol. The van der Waals surface area contributed by atoms with Crippen molar-refractivity contribution in [2.75, 3.05) is 33.3 Å². The summed E-state index contributed by atoms with van der Waals surface area (Å²) in [5.41, 5.74) is 1.85. The molecule has 30 heavy (non-hydrogen) atoms. The van der Waals surface area contributed by atoms with Crippen LogP contribution in [0.2, 0.25) is 0 Å². The third kappa shape index (κ3) is 4.36. The van der Waals surface area contributed by atoms with Gasteiger partial charge >= 0.3 is 0 Å². The van der Waals surface area contributed by atoms with E-state index in [1.165, 1.54) is 6.07 Å². The van der Waals surface area contributed by atoms with E-state index in [0.717, 1.165) is 18.7 Å². The van der Waals surface area contributed by atoms with E-state index in [1.54, 1.807) is 24.1 Å². The molecule has 3 aromatic rings. The molecule has 0 radical (unpaired) electrons. The van der Waals surface area contributed by atoms with Crippen LogP contribution in [0.25, 0.3) is 5.69 Å². The molecule has 1 aromatic heterocycles. The fourth-order valence-corrected chi connectivity index (χ4v) is 3.72. The molecule has 0 N–H and O–H groups in total. The van der Waals surface area contributed by atoms with E-state index in [9.17, 15) is 9.18 Å². The summed E-state index contributed by atoms with van der Waals surface area (Å²) in [7, 11) is 1.54. The Morgan fingerprint density at radius 2 is 1.80 bits per heavy atom. The number of rotatable bonds is 5. The van der Waals surface area contributed by atoms with Gasteiger partial charge in [0.1, 0.15) is 5.82 Å². The minimum Gasteiger partial charge on any atom is -0.493 e. The van der Waals surface area contributed by atoms with Crippen LogP contribution < -0.4 is 4.74 Å². The van der Waals surface area contributed by atoms with Crippen LogP contribution in [0.3, 0.4) is 0 Å². The third-order valence-electron chi connectivity index (χ3n) is 5.35. The Bertz CT molecular complexity index is 1010. The number of halogens is 1. The molecule has 0 saturated carbocycles. The number of carbonyl (C=O) groups excluding carboxylic acids is 1. The summed E-state index contributed by atoms with van der Waals surface area (Å²) in [6.45, 7) is 3.23. The topological polar surface area (TPSA) is 50.6 Å². The molecule has 156 valence electrons. The van der Waals surface area contributed by atoms with Crippen molar-refractivity contribution in [1.82, 2.24) is 19.6 Å². The fraction of sp³-hybridized carbons (Fsp3) is 0.304. The zero-order chi connectivity index (χ0) is 20.9. The number of aromatic nitrogens is 2. The van der Waals surface area contributed by atoms with Crippen LogP contribution in [0, 0.1) is 5.82 Å². The zero-order valence-corrected chi connectivity index (χ0v) is 17.0. The first kappa shape index (κ1) is 20.1. The van der Waals surface area contributed by atoms with Crippen molar-refractivity contribution in [3.8, 4) is 11.4 Å². The number of methoxy groups -OCH3 is 1. The number of hydrogen-bond donors (Lipinski definition) is 0. The summed E-state index contributed by atoms with van der Waals surface area (Å²) in [6.07, 6.45) is 2.55. The van der Waals surface area contributed by atoms with Crippen molar-refractivity contribution in [2.24, 2.45) is 0 Å². The first-order valence-corrected chi connectivity index (χ1v) is 10.1. The first-order valence-electron chi connectivity index (χ1n) is 10.1. The lowest BCUT2D eigenvalue weighted by atomic mass is 10.2. The highest BCUT2D eigenvalue weighted by molar-refractivity contribution is 5.95. The van der Waals surface area contributed by atoms with Crippen molar-refractivity contribution in [1.29, 1.82) is 0 Å². The average Bonchev–Trinajstić information content (AvgIpc) is 3.08. The van der Waals surface area contributed by atoms with E-state index in [4.69, 9.17) is 4.74 Å². The molecule has 0 atom stereocenters. The summed E-state index contributed by atoms with van der Waals surface area (Å²) in [5, 5.41) is 4.49. The summed E-state index contributed by atoms with van der Waals surface area (Å²) >= 11 is 0. The van der Waals surface area contributed by atoms with Gasteiger partial charge < -0.3 is 9.64 Å². The van der Waals surface area contributed by atoms with Crippen molar-refractivity contribution in [2.45, 2.75) is 13.0 Å². The highest BCUT2D eigenvalue weighted by atomic mass is 19.1. The molecule has 0 aliphatic carbocycles. The molecule has 1 aliphatic heterocycles. The molecule has 2 aromatic carbocycles. The van der Waals surface area contributed by atoms with Gasteiger partial charge in [0.25, 0.3) is 5.91 Å². The SMILES string of the molecule is COc1cn(-c2ccccc2)nc1C(=O)N1CCCN(Cc2ccccc2F)CC1. The van der Waals surface area contributed by atoms with Gasteiger partial charge in [-0.3, -0.25) is 9.69 Å². The standard InChI is InChI=1S/C23H25FN4O2/c1-30-21-17-28(19-9-3-2-4-10-19)25-22(21)23(29)27-13-7-12-26(14-15-27)16-18-8-5-6-11-20(18)24/h2-6,8-11,17H,7,12-16H2,1H3. The third-order valence-corrected chi connectivity index (χ3v) is 5.35.